The molecular weight excluding hydrogens is 347 g/mol. The van der Waals surface area contributed by atoms with Gasteiger partial charge in [0, 0.05) is 43.9 Å². The Morgan fingerprint density at radius 3 is 2.79 bits per heavy atom. The normalized spacial score (nSPS) is 18.1. The topological polar surface area (TPSA) is 41.4 Å². The summed E-state index contributed by atoms with van der Waals surface area (Å²) in [5.41, 5.74) is 1.64. The van der Waals surface area contributed by atoms with Crippen LogP contribution >= 0.6 is 23.2 Å². The summed E-state index contributed by atoms with van der Waals surface area (Å²) < 4.78 is 1.97. The average molecular weight is 367 g/mol. The van der Waals surface area contributed by atoms with Gasteiger partial charge in [-0.1, -0.05) is 35.3 Å². The Balaban J connectivity index is 1.94. The first-order valence-electron chi connectivity index (χ1n) is 8.03. The Morgan fingerprint density at radius 1 is 1.33 bits per heavy atom. The molecule has 1 aliphatic rings. The number of hydrogen-bond donors (Lipinski definition) is 0. The Morgan fingerprint density at radius 2 is 2.12 bits per heavy atom. The molecule has 1 aliphatic heterocycles. The zero-order chi connectivity index (χ0) is 17.3. The standard InChI is InChI=1S/C17H20Cl2N4O/c1-3-23-16(21-7-8-22(11-24)12(2)10-21)9-15(20-23)13-5-4-6-14(18)17(13)19/h4-6,9,11-12H,3,7-8,10H2,1-2H3. The third-order valence-corrected chi connectivity index (χ3v) is 5.24. The summed E-state index contributed by atoms with van der Waals surface area (Å²) in [7, 11) is 0. The molecule has 2 aromatic rings. The van der Waals surface area contributed by atoms with Crippen LogP contribution in [0, 0.1) is 0 Å². The fourth-order valence-corrected chi connectivity index (χ4v) is 3.46. The summed E-state index contributed by atoms with van der Waals surface area (Å²) in [6, 6.07) is 7.79. The molecule has 0 spiro atoms. The SMILES string of the molecule is CCn1nc(-c2cccc(Cl)c2Cl)cc1N1CCN(C=O)C(C)C1. The van der Waals surface area contributed by atoms with Gasteiger partial charge in [-0.15, -0.1) is 0 Å². The zero-order valence-corrected chi connectivity index (χ0v) is 15.3. The molecule has 0 saturated carbocycles. The van der Waals surface area contributed by atoms with Crippen LogP contribution in [0.2, 0.25) is 10.0 Å². The van der Waals surface area contributed by atoms with Crippen molar-refractivity contribution in [3.8, 4) is 11.3 Å². The number of aryl methyl sites for hydroxylation is 1. The molecule has 1 aromatic heterocycles. The van der Waals surface area contributed by atoms with E-state index >= 15 is 0 Å². The summed E-state index contributed by atoms with van der Waals surface area (Å²) in [4.78, 5) is 15.2. The second-order valence-electron chi connectivity index (χ2n) is 5.94. The van der Waals surface area contributed by atoms with Crippen molar-refractivity contribution >= 4 is 35.4 Å². The van der Waals surface area contributed by atoms with E-state index in [0.717, 1.165) is 43.1 Å². The lowest BCUT2D eigenvalue weighted by Crippen LogP contribution is -2.51. The van der Waals surface area contributed by atoms with Gasteiger partial charge >= 0.3 is 0 Å². The largest absolute Gasteiger partial charge is 0.353 e. The molecule has 1 atom stereocenters. The van der Waals surface area contributed by atoms with Crippen molar-refractivity contribution in [1.82, 2.24) is 14.7 Å². The highest BCUT2D eigenvalue weighted by Crippen LogP contribution is 2.34. The monoisotopic (exact) mass is 366 g/mol. The summed E-state index contributed by atoms with van der Waals surface area (Å²) in [6.45, 7) is 7.17. The minimum atomic E-state index is 0.176. The number of aromatic nitrogens is 2. The lowest BCUT2D eigenvalue weighted by atomic mass is 10.1. The number of piperazine rings is 1. The molecule has 1 unspecified atom stereocenters. The third-order valence-electron chi connectivity index (χ3n) is 4.42. The summed E-state index contributed by atoms with van der Waals surface area (Å²) in [6.07, 6.45) is 0.927. The number of carbonyl (C=O) groups excluding carboxylic acids is 1. The first kappa shape index (κ1) is 17.1. The molecule has 5 nitrogen and oxygen atoms in total. The van der Waals surface area contributed by atoms with E-state index in [9.17, 15) is 4.79 Å². The molecule has 0 N–H and O–H groups in total. The molecule has 1 amide bonds. The molecule has 1 saturated heterocycles. The van der Waals surface area contributed by atoms with Crippen LogP contribution in [0.5, 0.6) is 0 Å². The van der Waals surface area contributed by atoms with Gasteiger partial charge in [-0.3, -0.25) is 4.79 Å². The fourth-order valence-electron chi connectivity index (χ4n) is 3.06. The van der Waals surface area contributed by atoms with Crippen LogP contribution < -0.4 is 4.90 Å². The fraction of sp³-hybridized carbons (Fsp3) is 0.412. The molecular formula is C17H20Cl2N4O. The van der Waals surface area contributed by atoms with Crippen molar-refractivity contribution in [2.75, 3.05) is 24.5 Å². The lowest BCUT2D eigenvalue weighted by molar-refractivity contribution is -0.120. The highest BCUT2D eigenvalue weighted by molar-refractivity contribution is 6.43. The number of amides is 1. The van der Waals surface area contributed by atoms with Crippen molar-refractivity contribution in [2.45, 2.75) is 26.4 Å². The van der Waals surface area contributed by atoms with Crippen molar-refractivity contribution in [1.29, 1.82) is 0 Å². The molecule has 1 fully saturated rings. The summed E-state index contributed by atoms with van der Waals surface area (Å²) in [5, 5.41) is 5.73. The number of hydrogen-bond acceptors (Lipinski definition) is 3. The Labute approximate surface area is 151 Å². The smallest absolute Gasteiger partial charge is 0.210 e. The van der Waals surface area contributed by atoms with Crippen LogP contribution in [0.4, 0.5) is 5.82 Å². The van der Waals surface area contributed by atoms with Gasteiger partial charge in [0.25, 0.3) is 0 Å². The molecule has 0 radical (unpaired) electrons. The summed E-state index contributed by atoms with van der Waals surface area (Å²) in [5.74, 6) is 1.04. The van der Waals surface area contributed by atoms with Gasteiger partial charge in [0.1, 0.15) is 5.82 Å². The third kappa shape index (κ3) is 3.10. The maximum absolute atomic E-state index is 11.1. The number of halogens is 2. The van der Waals surface area contributed by atoms with E-state index in [1.807, 2.05) is 27.8 Å². The Bertz CT molecular complexity index is 746. The van der Waals surface area contributed by atoms with Gasteiger partial charge in [0.2, 0.25) is 6.41 Å². The molecule has 2 heterocycles. The van der Waals surface area contributed by atoms with Crippen LogP contribution in [0.3, 0.4) is 0 Å². The van der Waals surface area contributed by atoms with Crippen LogP contribution in [0.1, 0.15) is 13.8 Å². The molecule has 7 heteroatoms. The van der Waals surface area contributed by atoms with E-state index in [1.165, 1.54) is 0 Å². The number of rotatable bonds is 4. The van der Waals surface area contributed by atoms with Crippen molar-refractivity contribution in [3.63, 3.8) is 0 Å². The molecule has 0 aliphatic carbocycles. The van der Waals surface area contributed by atoms with Crippen LogP contribution in [-0.4, -0.2) is 46.8 Å². The predicted molar refractivity (Wildman–Crippen MR) is 97.8 cm³/mol. The van der Waals surface area contributed by atoms with Gasteiger partial charge < -0.3 is 9.80 Å². The molecule has 1 aromatic carbocycles. The van der Waals surface area contributed by atoms with E-state index in [1.54, 1.807) is 6.07 Å². The predicted octanol–water partition coefficient (Wildman–Crippen LogP) is 3.54. The second kappa shape index (κ2) is 7.03. The number of nitrogens with zero attached hydrogens (tertiary/aromatic N) is 4. The average Bonchev–Trinajstić information content (AvgIpc) is 3.01. The van der Waals surface area contributed by atoms with Crippen LogP contribution in [0.15, 0.2) is 24.3 Å². The maximum Gasteiger partial charge on any atom is 0.210 e. The van der Waals surface area contributed by atoms with Crippen molar-refractivity contribution < 1.29 is 4.79 Å². The molecule has 128 valence electrons. The molecule has 24 heavy (non-hydrogen) atoms. The van der Waals surface area contributed by atoms with E-state index in [4.69, 9.17) is 23.2 Å². The van der Waals surface area contributed by atoms with E-state index in [-0.39, 0.29) is 6.04 Å². The van der Waals surface area contributed by atoms with E-state index in [2.05, 4.69) is 23.8 Å². The Kier molecular flexibility index (Phi) is 5.01. The highest BCUT2D eigenvalue weighted by Gasteiger charge is 2.25. The quantitative estimate of drug-likeness (QED) is 0.777. The van der Waals surface area contributed by atoms with Gasteiger partial charge in [-0.2, -0.15) is 5.10 Å². The zero-order valence-electron chi connectivity index (χ0n) is 13.7. The molecule has 3 rings (SSSR count). The second-order valence-corrected chi connectivity index (χ2v) is 6.73. The number of anilines is 1. The minimum Gasteiger partial charge on any atom is -0.353 e. The minimum absolute atomic E-state index is 0.176. The van der Waals surface area contributed by atoms with Gasteiger partial charge in [-0.05, 0) is 19.9 Å². The first-order valence-corrected chi connectivity index (χ1v) is 8.79. The van der Waals surface area contributed by atoms with Crippen molar-refractivity contribution in [3.05, 3.63) is 34.3 Å². The maximum atomic E-state index is 11.1. The van der Waals surface area contributed by atoms with Crippen LogP contribution in [-0.2, 0) is 11.3 Å². The lowest BCUT2D eigenvalue weighted by Gasteiger charge is -2.38. The van der Waals surface area contributed by atoms with Gasteiger partial charge in [-0.25, -0.2) is 4.68 Å². The highest BCUT2D eigenvalue weighted by atomic mass is 35.5. The van der Waals surface area contributed by atoms with E-state index in [0.29, 0.717) is 16.6 Å². The number of benzene rings is 1. The van der Waals surface area contributed by atoms with Gasteiger partial charge in [0.15, 0.2) is 0 Å². The van der Waals surface area contributed by atoms with Crippen LogP contribution in [0.25, 0.3) is 11.3 Å². The van der Waals surface area contributed by atoms with E-state index < -0.39 is 0 Å². The Hall–Kier alpha value is -1.72. The molecule has 0 bridgehead atoms. The van der Waals surface area contributed by atoms with Gasteiger partial charge in [0.05, 0.1) is 15.7 Å². The summed E-state index contributed by atoms with van der Waals surface area (Å²) >= 11 is 12.5. The number of carbonyl (C=O) groups is 1. The first-order chi connectivity index (χ1) is 11.5. The van der Waals surface area contributed by atoms with Crippen molar-refractivity contribution in [2.24, 2.45) is 0 Å².